The number of thioether (sulfide) groups is 1. The minimum absolute atomic E-state index is 0. The summed E-state index contributed by atoms with van der Waals surface area (Å²) in [6.07, 6.45) is 5.44. The van der Waals surface area contributed by atoms with Gasteiger partial charge in [-0.25, -0.2) is 4.79 Å². The van der Waals surface area contributed by atoms with Crippen LogP contribution in [0.15, 0.2) is 26.8 Å². The van der Waals surface area contributed by atoms with E-state index in [1.807, 2.05) is 20.8 Å². The van der Waals surface area contributed by atoms with Crippen molar-refractivity contribution < 1.29 is 23.0 Å². The Kier molecular flexibility index (Phi) is 6.25. The van der Waals surface area contributed by atoms with Gasteiger partial charge in [-0.05, 0) is 30.1 Å². The molecule has 4 heteroatoms. The van der Waals surface area contributed by atoms with E-state index in [0.717, 1.165) is 29.1 Å². The number of hydrogen-bond donors (Lipinski definition) is 0. The van der Waals surface area contributed by atoms with Gasteiger partial charge >= 0.3 is 5.63 Å². The first-order valence-corrected chi connectivity index (χ1v) is 7.45. The smallest absolute Gasteiger partial charge is 0.336 e. The third kappa shape index (κ3) is 3.28. The molecule has 0 aromatic carbocycles. The maximum atomic E-state index is 11.4. The number of rotatable bonds is 0. The third-order valence-corrected chi connectivity index (χ3v) is 4.01. The molecular formula is C15H18O2SV. The van der Waals surface area contributed by atoms with Crippen LogP contribution in [-0.2, 0) is 18.6 Å². The number of aryl methyl sites for hydroxylation is 1. The van der Waals surface area contributed by atoms with Crippen LogP contribution in [0.2, 0.25) is 0 Å². The molecule has 0 N–H and O–H groups in total. The Labute approximate surface area is 130 Å². The predicted octanol–water partition coefficient (Wildman–Crippen LogP) is 4.09. The van der Waals surface area contributed by atoms with Crippen molar-refractivity contribution in [2.45, 2.75) is 27.2 Å². The molecule has 1 radical (unpaired) electrons. The zero-order valence-electron chi connectivity index (χ0n) is 11.5. The van der Waals surface area contributed by atoms with Gasteiger partial charge in [0.05, 0.1) is 0 Å². The molecule has 2 heterocycles. The summed E-state index contributed by atoms with van der Waals surface area (Å²) in [5, 5.41) is 2.14. The predicted molar refractivity (Wildman–Crippen MR) is 78.6 cm³/mol. The second-order valence-electron chi connectivity index (χ2n) is 4.19. The van der Waals surface area contributed by atoms with Gasteiger partial charge in [-0.3, -0.25) is 0 Å². The topological polar surface area (TPSA) is 30.2 Å². The van der Waals surface area contributed by atoms with Gasteiger partial charge in [-0.15, -0.1) is 11.8 Å². The van der Waals surface area contributed by atoms with Crippen LogP contribution < -0.4 is 5.63 Å². The van der Waals surface area contributed by atoms with Crippen LogP contribution in [0.1, 0.15) is 37.2 Å². The average molecular weight is 313 g/mol. The van der Waals surface area contributed by atoms with Crippen molar-refractivity contribution in [3.8, 4) is 0 Å². The Hall–Kier alpha value is -0.636. The monoisotopic (exact) mass is 313 g/mol. The van der Waals surface area contributed by atoms with Crippen molar-refractivity contribution in [3.05, 3.63) is 44.9 Å². The van der Waals surface area contributed by atoms with E-state index in [-0.39, 0.29) is 24.2 Å². The largest absolute Gasteiger partial charge is 0.422 e. The number of allylic oxidation sites excluding steroid dienone is 2. The van der Waals surface area contributed by atoms with Gasteiger partial charge in [0.15, 0.2) is 0 Å². The van der Waals surface area contributed by atoms with Gasteiger partial charge in [-0.2, -0.15) is 0 Å². The van der Waals surface area contributed by atoms with Gasteiger partial charge in [0.1, 0.15) is 5.76 Å². The molecule has 0 bridgehead atoms. The summed E-state index contributed by atoms with van der Waals surface area (Å²) in [7, 11) is 0. The molecule has 1 aliphatic carbocycles. The maximum Gasteiger partial charge on any atom is 0.336 e. The van der Waals surface area contributed by atoms with Gasteiger partial charge in [-0.1, -0.05) is 26.0 Å². The van der Waals surface area contributed by atoms with Crippen molar-refractivity contribution in [2.24, 2.45) is 5.92 Å². The Morgan fingerprint density at radius 2 is 2.11 bits per heavy atom. The zero-order chi connectivity index (χ0) is 13.1. The first-order valence-electron chi connectivity index (χ1n) is 6.41. The van der Waals surface area contributed by atoms with E-state index in [2.05, 4.69) is 17.6 Å². The van der Waals surface area contributed by atoms with Crippen molar-refractivity contribution in [3.63, 3.8) is 0 Å². The van der Waals surface area contributed by atoms with Crippen molar-refractivity contribution in [1.82, 2.24) is 0 Å². The summed E-state index contributed by atoms with van der Waals surface area (Å²) in [6, 6.07) is 1.56. The normalized spacial score (nSPS) is 19.1. The summed E-state index contributed by atoms with van der Waals surface area (Å²) in [5.41, 5.74) is 2.98. The molecule has 0 spiro atoms. The Bertz CT molecular complexity index is 558. The van der Waals surface area contributed by atoms with E-state index in [1.165, 1.54) is 5.57 Å². The molecule has 2 nitrogen and oxygen atoms in total. The average Bonchev–Trinajstić information content (AvgIpc) is 2.40. The van der Waals surface area contributed by atoms with E-state index >= 15 is 0 Å². The summed E-state index contributed by atoms with van der Waals surface area (Å²) in [5.74, 6) is 2.35. The van der Waals surface area contributed by atoms with Gasteiger partial charge in [0, 0.05) is 41.7 Å². The Morgan fingerprint density at radius 1 is 1.37 bits per heavy atom. The Balaban J connectivity index is 0.000000576. The van der Waals surface area contributed by atoms with Crippen molar-refractivity contribution in [1.29, 1.82) is 0 Å². The van der Waals surface area contributed by atoms with Crippen LogP contribution in [-0.4, -0.2) is 5.75 Å². The number of hydrogen-bond acceptors (Lipinski definition) is 3. The summed E-state index contributed by atoms with van der Waals surface area (Å²) < 4.78 is 5.36. The fourth-order valence-electron chi connectivity index (χ4n) is 2.26. The third-order valence-electron chi connectivity index (χ3n) is 3.12. The fourth-order valence-corrected chi connectivity index (χ4v) is 3.23. The molecule has 0 saturated carbocycles. The van der Waals surface area contributed by atoms with E-state index in [1.54, 1.807) is 17.8 Å². The molecule has 1 aromatic rings. The van der Waals surface area contributed by atoms with Crippen molar-refractivity contribution >= 4 is 23.4 Å². The molecule has 0 amide bonds. The molecule has 1 unspecified atom stereocenters. The molecule has 1 atom stereocenters. The number of fused-ring (bicyclic) bond motifs is 3. The minimum Gasteiger partial charge on any atom is -0.422 e. The van der Waals surface area contributed by atoms with E-state index in [0.29, 0.717) is 5.92 Å². The van der Waals surface area contributed by atoms with Crippen LogP contribution >= 0.6 is 11.8 Å². The molecular weight excluding hydrogens is 295 g/mol. The van der Waals surface area contributed by atoms with E-state index in [4.69, 9.17) is 4.42 Å². The Morgan fingerprint density at radius 3 is 2.84 bits per heavy atom. The summed E-state index contributed by atoms with van der Waals surface area (Å²) in [4.78, 5) is 11.4. The SMILES string of the molecule is CC.Cc1cc(=O)oc2c1C=CC1CCSC=C21.[V]. The maximum absolute atomic E-state index is 11.4. The molecule has 1 aliphatic heterocycles. The second kappa shape index (κ2) is 7.23. The fraction of sp³-hybridized carbons (Fsp3) is 0.400. The van der Waals surface area contributed by atoms with Gasteiger partial charge < -0.3 is 4.42 Å². The minimum atomic E-state index is -0.248. The zero-order valence-corrected chi connectivity index (χ0v) is 13.7. The molecule has 2 aliphatic rings. The second-order valence-corrected chi connectivity index (χ2v) is 5.17. The molecule has 1 aromatic heterocycles. The van der Waals surface area contributed by atoms with Crippen LogP contribution in [0.3, 0.4) is 0 Å². The standard InChI is InChI=1S/C13H12O2S.C2H6.V/c1-8-6-12(14)15-13-10(8)3-2-9-4-5-16-7-11(9)13;1-2;/h2-3,6-7,9H,4-5H2,1H3;1-2H3;. The van der Waals surface area contributed by atoms with E-state index < -0.39 is 0 Å². The molecule has 0 fully saturated rings. The first kappa shape index (κ1) is 16.4. The first-order chi connectivity index (χ1) is 8.75. The van der Waals surface area contributed by atoms with E-state index in [9.17, 15) is 4.79 Å². The van der Waals surface area contributed by atoms with Crippen LogP contribution in [0.25, 0.3) is 11.6 Å². The van der Waals surface area contributed by atoms with Crippen LogP contribution in [0, 0.1) is 12.8 Å². The van der Waals surface area contributed by atoms with Crippen molar-refractivity contribution in [2.75, 3.05) is 5.75 Å². The molecule has 19 heavy (non-hydrogen) atoms. The van der Waals surface area contributed by atoms with Gasteiger partial charge in [0.2, 0.25) is 0 Å². The quantitative estimate of drug-likeness (QED) is 0.722. The molecule has 3 rings (SSSR count). The summed E-state index contributed by atoms with van der Waals surface area (Å²) in [6.45, 7) is 5.96. The van der Waals surface area contributed by atoms with Crippen LogP contribution in [0.4, 0.5) is 0 Å². The molecule has 0 saturated heterocycles. The van der Waals surface area contributed by atoms with Gasteiger partial charge in [0.25, 0.3) is 0 Å². The summed E-state index contributed by atoms with van der Waals surface area (Å²) >= 11 is 1.80. The molecule has 101 valence electrons. The van der Waals surface area contributed by atoms with Crippen LogP contribution in [0.5, 0.6) is 0 Å².